The highest BCUT2D eigenvalue weighted by molar-refractivity contribution is 9.10. The third-order valence-corrected chi connectivity index (χ3v) is 7.91. The van der Waals surface area contributed by atoms with Crippen molar-refractivity contribution in [2.75, 3.05) is 5.75 Å². The summed E-state index contributed by atoms with van der Waals surface area (Å²) in [5.74, 6) is -0.302. The number of ketones is 1. The third-order valence-electron chi connectivity index (χ3n) is 6.18. The van der Waals surface area contributed by atoms with Crippen molar-refractivity contribution in [1.82, 2.24) is 9.55 Å². The molecule has 0 spiro atoms. The van der Waals surface area contributed by atoms with Gasteiger partial charge in [0.05, 0.1) is 11.4 Å². The van der Waals surface area contributed by atoms with Gasteiger partial charge < -0.3 is 4.42 Å². The predicted octanol–water partition coefficient (Wildman–Crippen LogP) is 8.19. The molecule has 0 aliphatic rings. The van der Waals surface area contributed by atoms with Crippen LogP contribution in [0.2, 0.25) is 5.02 Å². The molecule has 2 heterocycles. The molecule has 0 amide bonds. The Morgan fingerprint density at radius 1 is 0.947 bits per heavy atom. The average molecular weight is 602 g/mol. The fraction of sp³-hybridized carbons (Fsp3) is 0.0333. The van der Waals surface area contributed by atoms with Crippen molar-refractivity contribution < 1.29 is 9.21 Å². The maximum atomic E-state index is 13.2. The molecule has 4 aromatic carbocycles. The average Bonchev–Trinajstić information content (AvgIpc) is 3.36. The minimum absolute atomic E-state index is 0.0221. The summed E-state index contributed by atoms with van der Waals surface area (Å²) in [6.07, 6.45) is 1.93. The molecular weight excluding hydrogens is 584 g/mol. The van der Waals surface area contributed by atoms with Gasteiger partial charge in [-0.3, -0.25) is 9.36 Å². The number of carbonyl (C=O) groups excluding carboxylic acids is 1. The standard InChI is InChI=1S/C30H18BrClN2O3S/c31-21-9-7-19(8-10-21)26-16-34(23-13-11-22(32)12-14-23)30(33-26)38-17-27(35)25-15-20-6-5-18-3-1-2-4-24(18)28(20)37-29(25)36/h1-16H,17H2. The van der Waals surface area contributed by atoms with Crippen LogP contribution >= 0.6 is 39.3 Å². The summed E-state index contributed by atoms with van der Waals surface area (Å²) in [4.78, 5) is 30.8. The smallest absolute Gasteiger partial charge is 0.347 e. The summed E-state index contributed by atoms with van der Waals surface area (Å²) < 4.78 is 8.52. The van der Waals surface area contributed by atoms with Gasteiger partial charge in [-0.25, -0.2) is 9.78 Å². The first-order chi connectivity index (χ1) is 18.5. The molecule has 0 unspecified atom stereocenters. The van der Waals surface area contributed by atoms with Crippen LogP contribution in [0.5, 0.6) is 0 Å². The van der Waals surface area contributed by atoms with E-state index in [2.05, 4.69) is 15.9 Å². The Morgan fingerprint density at radius 2 is 1.68 bits per heavy atom. The van der Waals surface area contributed by atoms with Crippen LogP contribution < -0.4 is 5.63 Å². The van der Waals surface area contributed by atoms with Crippen molar-refractivity contribution in [3.05, 3.63) is 123 Å². The Hall–Kier alpha value is -3.65. The minimum atomic E-state index is -0.643. The van der Waals surface area contributed by atoms with Gasteiger partial charge in [0.25, 0.3) is 0 Å². The molecule has 8 heteroatoms. The fourth-order valence-corrected chi connectivity index (χ4v) is 5.53. The zero-order chi connectivity index (χ0) is 26.2. The lowest BCUT2D eigenvalue weighted by atomic mass is 10.1. The van der Waals surface area contributed by atoms with Gasteiger partial charge in [-0.15, -0.1) is 0 Å². The van der Waals surface area contributed by atoms with Gasteiger partial charge in [0.1, 0.15) is 11.1 Å². The largest absolute Gasteiger partial charge is 0.422 e. The van der Waals surface area contributed by atoms with Crippen LogP contribution in [0.4, 0.5) is 0 Å². The number of benzene rings is 4. The van der Waals surface area contributed by atoms with Crippen molar-refractivity contribution in [1.29, 1.82) is 0 Å². The number of halogens is 2. The normalized spacial score (nSPS) is 11.3. The van der Waals surface area contributed by atoms with Gasteiger partial charge in [0, 0.05) is 37.7 Å². The molecule has 5 nitrogen and oxygen atoms in total. The number of aromatic nitrogens is 2. The second-order valence-corrected chi connectivity index (χ2v) is 10.9. The van der Waals surface area contributed by atoms with E-state index in [9.17, 15) is 9.59 Å². The number of imidazole rings is 1. The molecule has 0 aliphatic carbocycles. The molecule has 6 rings (SSSR count). The molecule has 186 valence electrons. The first-order valence-electron chi connectivity index (χ1n) is 11.7. The Kier molecular flexibility index (Phi) is 6.66. The Morgan fingerprint density at radius 3 is 2.47 bits per heavy atom. The number of hydrogen-bond acceptors (Lipinski definition) is 5. The molecule has 0 saturated heterocycles. The van der Waals surface area contributed by atoms with Crippen LogP contribution in [-0.4, -0.2) is 21.1 Å². The summed E-state index contributed by atoms with van der Waals surface area (Å²) in [6.45, 7) is 0. The quantitative estimate of drug-likeness (QED) is 0.0833. The predicted molar refractivity (Wildman–Crippen MR) is 157 cm³/mol. The maximum absolute atomic E-state index is 13.2. The number of thioether (sulfide) groups is 1. The second-order valence-electron chi connectivity index (χ2n) is 8.63. The van der Waals surface area contributed by atoms with Crippen molar-refractivity contribution in [2.24, 2.45) is 0 Å². The summed E-state index contributed by atoms with van der Waals surface area (Å²) in [6, 6.07) is 28.4. The van der Waals surface area contributed by atoms with Crippen LogP contribution in [0.1, 0.15) is 10.4 Å². The molecule has 0 aliphatic heterocycles. The van der Waals surface area contributed by atoms with Gasteiger partial charge in [-0.2, -0.15) is 0 Å². The highest BCUT2D eigenvalue weighted by atomic mass is 79.9. The molecule has 2 aromatic heterocycles. The maximum Gasteiger partial charge on any atom is 0.347 e. The van der Waals surface area contributed by atoms with E-state index in [0.29, 0.717) is 21.1 Å². The summed E-state index contributed by atoms with van der Waals surface area (Å²) in [7, 11) is 0. The number of rotatable bonds is 6. The molecule has 0 fully saturated rings. The van der Waals surface area contributed by atoms with Crippen LogP contribution in [0.3, 0.4) is 0 Å². The van der Waals surface area contributed by atoms with E-state index in [1.165, 1.54) is 11.8 Å². The van der Waals surface area contributed by atoms with E-state index in [4.69, 9.17) is 21.0 Å². The molecule has 0 N–H and O–H groups in total. The first kappa shape index (κ1) is 24.7. The lowest BCUT2D eigenvalue weighted by Crippen LogP contribution is -2.16. The van der Waals surface area contributed by atoms with Crippen molar-refractivity contribution in [2.45, 2.75) is 5.16 Å². The van der Waals surface area contributed by atoms with Crippen LogP contribution in [0.15, 0.2) is 116 Å². The van der Waals surface area contributed by atoms with Crippen molar-refractivity contribution >= 4 is 66.8 Å². The molecular formula is C30H18BrClN2O3S. The summed E-state index contributed by atoms with van der Waals surface area (Å²) in [5.41, 5.74) is 2.43. The minimum Gasteiger partial charge on any atom is -0.422 e. The van der Waals surface area contributed by atoms with Gasteiger partial charge in [-0.05, 0) is 47.9 Å². The number of nitrogens with zero attached hydrogens (tertiary/aromatic N) is 2. The third kappa shape index (κ3) is 4.80. The second kappa shape index (κ2) is 10.3. The van der Waals surface area contributed by atoms with E-state index in [0.717, 1.165) is 32.2 Å². The first-order valence-corrected chi connectivity index (χ1v) is 13.8. The fourth-order valence-electron chi connectivity index (χ4n) is 4.26. The molecule has 0 bridgehead atoms. The molecule has 0 saturated carbocycles. The molecule has 38 heavy (non-hydrogen) atoms. The Balaban J connectivity index is 1.33. The monoisotopic (exact) mass is 600 g/mol. The van der Waals surface area contributed by atoms with Crippen molar-refractivity contribution in [3.8, 4) is 16.9 Å². The van der Waals surface area contributed by atoms with Crippen LogP contribution in [0.25, 0.3) is 38.7 Å². The zero-order valence-corrected chi connectivity index (χ0v) is 22.9. The highest BCUT2D eigenvalue weighted by Gasteiger charge is 2.18. The molecule has 6 aromatic rings. The van der Waals surface area contributed by atoms with Gasteiger partial charge in [-0.1, -0.05) is 87.8 Å². The Labute approximate surface area is 235 Å². The van der Waals surface area contributed by atoms with Gasteiger partial charge >= 0.3 is 5.63 Å². The van der Waals surface area contributed by atoms with Crippen LogP contribution in [0, 0.1) is 0 Å². The number of fused-ring (bicyclic) bond motifs is 3. The van der Waals surface area contributed by atoms with Gasteiger partial charge in [0.15, 0.2) is 10.9 Å². The molecule has 0 radical (unpaired) electrons. The summed E-state index contributed by atoms with van der Waals surface area (Å²) in [5, 5.41) is 3.75. The van der Waals surface area contributed by atoms with Gasteiger partial charge in [0.2, 0.25) is 0 Å². The van der Waals surface area contributed by atoms with E-state index >= 15 is 0 Å². The van der Waals surface area contributed by atoms with E-state index in [1.807, 2.05) is 83.6 Å². The molecule has 0 atom stereocenters. The SMILES string of the molecule is O=C(CSc1nc(-c2ccc(Br)cc2)cn1-c1ccc(Cl)cc1)c1cc2ccc3ccccc3c2oc1=O. The Bertz CT molecular complexity index is 1880. The lowest BCUT2D eigenvalue weighted by molar-refractivity contribution is 0.101. The lowest BCUT2D eigenvalue weighted by Gasteiger charge is -2.07. The highest BCUT2D eigenvalue weighted by Crippen LogP contribution is 2.30. The van der Waals surface area contributed by atoms with Crippen LogP contribution in [-0.2, 0) is 0 Å². The topological polar surface area (TPSA) is 65.1 Å². The summed E-state index contributed by atoms with van der Waals surface area (Å²) >= 11 is 10.8. The van der Waals surface area contributed by atoms with E-state index < -0.39 is 5.63 Å². The van der Waals surface area contributed by atoms with E-state index in [-0.39, 0.29) is 17.1 Å². The van der Waals surface area contributed by atoms with E-state index in [1.54, 1.807) is 18.2 Å². The zero-order valence-electron chi connectivity index (χ0n) is 19.7. The van der Waals surface area contributed by atoms with Crippen molar-refractivity contribution in [3.63, 3.8) is 0 Å². The number of carbonyl (C=O) groups is 1. The number of Topliss-reactive ketones (excluding diaryl/α,β-unsaturated/α-hetero) is 1. The number of hydrogen-bond donors (Lipinski definition) is 0.